The molecule has 2 heterocycles. The Bertz CT molecular complexity index is 1220. The number of carbonyl (C=O) groups is 2. The van der Waals surface area contributed by atoms with E-state index >= 15 is 0 Å². The lowest BCUT2D eigenvalue weighted by Gasteiger charge is -2.36. The van der Waals surface area contributed by atoms with Crippen molar-refractivity contribution in [1.29, 1.82) is 0 Å². The number of esters is 1. The minimum absolute atomic E-state index is 0.0276. The molecular formula is C29H37N3O5. The summed E-state index contributed by atoms with van der Waals surface area (Å²) in [5, 5.41) is 1.12. The highest BCUT2D eigenvalue weighted by Gasteiger charge is 2.34. The number of aromatic amines is 1. The maximum absolute atomic E-state index is 13.4. The summed E-state index contributed by atoms with van der Waals surface area (Å²) in [7, 11) is 7.14. The van der Waals surface area contributed by atoms with Gasteiger partial charge in [0.05, 0.1) is 26.9 Å². The minimum atomic E-state index is -0.295. The van der Waals surface area contributed by atoms with E-state index in [0.29, 0.717) is 26.0 Å². The van der Waals surface area contributed by atoms with Crippen molar-refractivity contribution in [3.05, 3.63) is 59.3 Å². The van der Waals surface area contributed by atoms with E-state index < -0.39 is 0 Å². The standard InChI is InChI=1S/C29H37N3O5/c1-31(2)16-6-18-37-21-11-9-20(10-12-21)29-28-23(24-19-22(35-3)13-14-25(24)30-28)15-17-32(29)26(33)7-5-8-27(34)36-4/h9-14,19,29-30H,5-8,15-18H2,1-4H3. The summed E-state index contributed by atoms with van der Waals surface area (Å²) >= 11 is 0. The summed E-state index contributed by atoms with van der Waals surface area (Å²) in [6.45, 7) is 2.22. The lowest BCUT2D eigenvalue weighted by Crippen LogP contribution is -2.40. The first-order chi connectivity index (χ1) is 17.9. The van der Waals surface area contributed by atoms with Crippen LogP contribution < -0.4 is 9.47 Å². The molecular weight excluding hydrogens is 470 g/mol. The van der Waals surface area contributed by atoms with Gasteiger partial charge >= 0.3 is 5.97 Å². The number of amides is 1. The summed E-state index contributed by atoms with van der Waals surface area (Å²) in [6.07, 6.45) is 2.69. The molecule has 198 valence electrons. The largest absolute Gasteiger partial charge is 0.497 e. The van der Waals surface area contributed by atoms with Crippen LogP contribution in [0.5, 0.6) is 11.5 Å². The van der Waals surface area contributed by atoms with Gasteiger partial charge in [-0.05, 0) is 74.8 Å². The highest BCUT2D eigenvalue weighted by Crippen LogP contribution is 2.40. The predicted octanol–water partition coefficient (Wildman–Crippen LogP) is 4.32. The average Bonchev–Trinajstić information content (AvgIpc) is 3.28. The Kier molecular flexibility index (Phi) is 8.71. The van der Waals surface area contributed by atoms with Gasteiger partial charge < -0.3 is 29.0 Å². The molecule has 8 heteroatoms. The van der Waals surface area contributed by atoms with Crippen LogP contribution >= 0.6 is 0 Å². The Balaban J connectivity index is 1.61. The summed E-state index contributed by atoms with van der Waals surface area (Å²) in [5.74, 6) is 1.36. The van der Waals surface area contributed by atoms with Crippen molar-refractivity contribution in [3.63, 3.8) is 0 Å². The number of H-pyrrole nitrogens is 1. The highest BCUT2D eigenvalue weighted by molar-refractivity contribution is 5.88. The molecule has 1 amide bonds. The molecule has 0 fully saturated rings. The number of hydrogen-bond acceptors (Lipinski definition) is 6. The number of rotatable bonds is 11. The van der Waals surface area contributed by atoms with Crippen LogP contribution in [-0.4, -0.2) is 74.7 Å². The fourth-order valence-corrected chi connectivity index (χ4v) is 4.96. The molecule has 1 aliphatic rings. The lowest BCUT2D eigenvalue weighted by molar-refractivity contribution is -0.141. The maximum Gasteiger partial charge on any atom is 0.305 e. The van der Waals surface area contributed by atoms with Crippen molar-refractivity contribution in [2.45, 2.75) is 38.1 Å². The summed E-state index contributed by atoms with van der Waals surface area (Å²) < 4.78 is 16.1. The molecule has 0 saturated heterocycles. The van der Waals surface area contributed by atoms with Gasteiger partial charge in [0.15, 0.2) is 0 Å². The van der Waals surface area contributed by atoms with Crippen LogP contribution in [0, 0.1) is 0 Å². The molecule has 0 saturated carbocycles. The quantitative estimate of drug-likeness (QED) is 0.307. The van der Waals surface area contributed by atoms with Crippen molar-refractivity contribution < 1.29 is 23.8 Å². The fourth-order valence-electron chi connectivity index (χ4n) is 4.96. The first kappa shape index (κ1) is 26.5. The van der Waals surface area contributed by atoms with Crippen LogP contribution in [0.3, 0.4) is 0 Å². The van der Waals surface area contributed by atoms with Gasteiger partial charge in [-0.25, -0.2) is 0 Å². The number of hydrogen-bond donors (Lipinski definition) is 1. The van der Waals surface area contributed by atoms with Gasteiger partial charge in [-0.1, -0.05) is 12.1 Å². The minimum Gasteiger partial charge on any atom is -0.497 e. The van der Waals surface area contributed by atoms with Crippen molar-refractivity contribution in [2.75, 3.05) is 48.0 Å². The van der Waals surface area contributed by atoms with E-state index in [1.165, 1.54) is 12.7 Å². The number of ether oxygens (including phenoxy) is 3. The summed E-state index contributed by atoms with van der Waals surface area (Å²) in [4.78, 5) is 32.6. The Morgan fingerprint density at radius 1 is 1.03 bits per heavy atom. The number of nitrogens with zero attached hydrogens (tertiary/aromatic N) is 2. The maximum atomic E-state index is 13.4. The van der Waals surface area contributed by atoms with Crippen LogP contribution in [0.1, 0.15) is 48.5 Å². The second-order valence-corrected chi connectivity index (χ2v) is 9.67. The molecule has 1 unspecified atom stereocenters. The smallest absolute Gasteiger partial charge is 0.305 e. The number of benzene rings is 2. The second kappa shape index (κ2) is 12.1. The summed E-state index contributed by atoms with van der Waals surface area (Å²) in [6, 6.07) is 13.8. The van der Waals surface area contributed by atoms with E-state index in [1.54, 1.807) is 7.11 Å². The number of aromatic nitrogens is 1. The first-order valence-corrected chi connectivity index (χ1v) is 12.8. The van der Waals surface area contributed by atoms with Gasteiger partial charge in [-0.15, -0.1) is 0 Å². The average molecular weight is 508 g/mol. The fraction of sp³-hybridized carbons (Fsp3) is 0.448. The molecule has 4 rings (SSSR count). The monoisotopic (exact) mass is 507 g/mol. The van der Waals surface area contributed by atoms with Gasteiger partial charge in [-0.3, -0.25) is 9.59 Å². The molecule has 1 aliphatic heterocycles. The van der Waals surface area contributed by atoms with E-state index in [1.807, 2.05) is 41.3 Å². The Morgan fingerprint density at radius 3 is 2.49 bits per heavy atom. The van der Waals surface area contributed by atoms with E-state index in [2.05, 4.69) is 30.0 Å². The van der Waals surface area contributed by atoms with E-state index in [9.17, 15) is 9.59 Å². The zero-order valence-electron chi connectivity index (χ0n) is 22.2. The van der Waals surface area contributed by atoms with Crippen molar-refractivity contribution >= 4 is 22.8 Å². The number of methoxy groups -OCH3 is 2. The Hall–Kier alpha value is -3.52. The van der Waals surface area contributed by atoms with Gasteiger partial charge in [0.2, 0.25) is 5.91 Å². The van der Waals surface area contributed by atoms with Crippen molar-refractivity contribution in [3.8, 4) is 11.5 Å². The van der Waals surface area contributed by atoms with E-state index in [-0.39, 0.29) is 24.3 Å². The molecule has 1 atom stereocenters. The topological polar surface area (TPSA) is 84.1 Å². The Morgan fingerprint density at radius 2 is 1.78 bits per heavy atom. The zero-order chi connectivity index (χ0) is 26.4. The van der Waals surface area contributed by atoms with Gasteiger partial charge in [0.25, 0.3) is 0 Å². The molecule has 1 N–H and O–H groups in total. The third-order valence-corrected chi connectivity index (χ3v) is 6.87. The third-order valence-electron chi connectivity index (χ3n) is 6.87. The van der Waals surface area contributed by atoms with Crippen molar-refractivity contribution in [2.24, 2.45) is 0 Å². The molecule has 3 aromatic rings. The van der Waals surface area contributed by atoms with Gasteiger partial charge in [-0.2, -0.15) is 0 Å². The highest BCUT2D eigenvalue weighted by atomic mass is 16.5. The van der Waals surface area contributed by atoms with Crippen molar-refractivity contribution in [1.82, 2.24) is 14.8 Å². The summed E-state index contributed by atoms with van der Waals surface area (Å²) in [5.41, 5.74) is 4.27. The van der Waals surface area contributed by atoms with Crippen LogP contribution in [0.15, 0.2) is 42.5 Å². The first-order valence-electron chi connectivity index (χ1n) is 12.8. The molecule has 0 spiro atoms. The predicted molar refractivity (Wildman–Crippen MR) is 143 cm³/mol. The number of nitrogens with one attached hydrogen (secondary N) is 1. The van der Waals surface area contributed by atoms with E-state index in [0.717, 1.165) is 53.0 Å². The van der Waals surface area contributed by atoms with Gasteiger partial charge in [0.1, 0.15) is 11.5 Å². The van der Waals surface area contributed by atoms with Gasteiger partial charge in [0, 0.05) is 42.5 Å². The molecule has 1 aromatic heterocycles. The molecule has 37 heavy (non-hydrogen) atoms. The second-order valence-electron chi connectivity index (χ2n) is 9.67. The normalized spacial score (nSPS) is 15.1. The molecule has 0 radical (unpaired) electrons. The lowest BCUT2D eigenvalue weighted by atomic mass is 9.91. The molecule has 2 aromatic carbocycles. The number of carbonyl (C=O) groups excluding carboxylic acids is 2. The van der Waals surface area contributed by atoms with Crippen LogP contribution in [0.4, 0.5) is 0 Å². The molecule has 0 aliphatic carbocycles. The van der Waals surface area contributed by atoms with Crippen LogP contribution in [0.2, 0.25) is 0 Å². The molecule has 0 bridgehead atoms. The zero-order valence-corrected chi connectivity index (χ0v) is 22.2. The third kappa shape index (κ3) is 6.25. The van der Waals surface area contributed by atoms with Crippen LogP contribution in [0.25, 0.3) is 10.9 Å². The number of fused-ring (bicyclic) bond motifs is 3. The molecule has 8 nitrogen and oxygen atoms in total. The SMILES string of the molecule is COC(=O)CCCC(=O)N1CCc2c([nH]c3ccc(OC)cc23)C1c1ccc(OCCCN(C)C)cc1. The van der Waals surface area contributed by atoms with E-state index in [4.69, 9.17) is 14.2 Å². The Labute approximate surface area is 218 Å². The van der Waals surface area contributed by atoms with Crippen LogP contribution in [-0.2, 0) is 20.7 Å².